The lowest BCUT2D eigenvalue weighted by molar-refractivity contribution is -0.139. The maximum atomic E-state index is 13.1. The van der Waals surface area contributed by atoms with Gasteiger partial charge >= 0.3 is 11.8 Å². The Kier molecular flexibility index (Phi) is 8.63. The van der Waals surface area contributed by atoms with Crippen molar-refractivity contribution in [3.63, 3.8) is 0 Å². The third-order valence-corrected chi connectivity index (χ3v) is 7.59. The van der Waals surface area contributed by atoms with Crippen molar-refractivity contribution in [1.29, 1.82) is 0 Å². The Labute approximate surface area is 180 Å². The van der Waals surface area contributed by atoms with Crippen LogP contribution in [-0.2, 0) is 19.4 Å². The lowest BCUT2D eigenvalue weighted by Crippen LogP contribution is -2.42. The molecule has 2 amide bonds. The van der Waals surface area contributed by atoms with Crippen LogP contribution in [0.15, 0.2) is 46.7 Å². The molecule has 1 aromatic carbocycles. The normalized spacial score (nSPS) is 12.6. The molecule has 29 heavy (non-hydrogen) atoms. The van der Waals surface area contributed by atoms with Crippen molar-refractivity contribution in [1.82, 2.24) is 15.5 Å². The van der Waals surface area contributed by atoms with Crippen LogP contribution in [0.3, 0.4) is 0 Å². The van der Waals surface area contributed by atoms with Crippen LogP contribution >= 0.6 is 22.9 Å². The summed E-state index contributed by atoms with van der Waals surface area (Å²) in [5.41, 5.74) is 0. The number of carbonyl (C=O) groups is 2. The van der Waals surface area contributed by atoms with Gasteiger partial charge in [-0.05, 0) is 62.8 Å². The molecule has 0 aliphatic heterocycles. The second-order valence-electron chi connectivity index (χ2n) is 6.63. The summed E-state index contributed by atoms with van der Waals surface area (Å²) in [5.74, 6) is -1.64. The fraction of sp³-hybridized carbons (Fsp3) is 0.368. The number of nitrogens with zero attached hydrogens (tertiary/aromatic N) is 1. The fourth-order valence-corrected chi connectivity index (χ4v) is 5.48. The van der Waals surface area contributed by atoms with Gasteiger partial charge in [-0.1, -0.05) is 17.7 Å². The Morgan fingerprint density at radius 2 is 1.76 bits per heavy atom. The van der Waals surface area contributed by atoms with Gasteiger partial charge in [0.05, 0.1) is 4.90 Å². The summed E-state index contributed by atoms with van der Waals surface area (Å²) in [6.07, 6.45) is 0.703. The van der Waals surface area contributed by atoms with E-state index in [2.05, 4.69) is 10.6 Å². The highest BCUT2D eigenvalue weighted by atomic mass is 35.5. The molecule has 2 N–H and O–H groups in total. The fourth-order valence-electron chi connectivity index (χ4n) is 2.57. The zero-order chi connectivity index (χ0) is 21.4. The molecular weight excluding hydrogens is 434 g/mol. The van der Waals surface area contributed by atoms with Gasteiger partial charge in [0.2, 0.25) is 0 Å². The van der Waals surface area contributed by atoms with Gasteiger partial charge in [0.15, 0.2) is 9.84 Å². The van der Waals surface area contributed by atoms with E-state index in [0.29, 0.717) is 22.9 Å². The van der Waals surface area contributed by atoms with E-state index in [0.717, 1.165) is 6.54 Å². The first kappa shape index (κ1) is 23.3. The lowest BCUT2D eigenvalue weighted by atomic mass is 10.3. The van der Waals surface area contributed by atoms with E-state index >= 15 is 0 Å². The number of sulfone groups is 1. The number of nitrogens with one attached hydrogen (secondary N) is 2. The molecule has 0 radical (unpaired) electrons. The van der Waals surface area contributed by atoms with Crippen molar-refractivity contribution in [3.8, 4) is 0 Å². The molecule has 2 aromatic rings. The van der Waals surface area contributed by atoms with Crippen molar-refractivity contribution in [3.05, 3.63) is 51.7 Å². The number of thiophene rings is 1. The van der Waals surface area contributed by atoms with Crippen molar-refractivity contribution in [2.75, 3.05) is 33.7 Å². The molecule has 1 atom stereocenters. The number of rotatable bonds is 9. The SMILES string of the molecule is CN(C)CCCNC(=O)C(=O)NCC(c1cccs1)S(=O)(=O)c1ccc(Cl)cc1. The average Bonchev–Trinajstić information content (AvgIpc) is 3.19. The Balaban J connectivity index is 2.05. The molecular formula is C19H24ClN3O4S2. The van der Waals surface area contributed by atoms with E-state index in [1.165, 1.54) is 35.6 Å². The van der Waals surface area contributed by atoms with Gasteiger partial charge in [-0.15, -0.1) is 11.3 Å². The van der Waals surface area contributed by atoms with Gasteiger partial charge in [0, 0.05) is 23.0 Å². The van der Waals surface area contributed by atoms with Gasteiger partial charge in [-0.25, -0.2) is 8.42 Å². The molecule has 1 heterocycles. The predicted octanol–water partition coefficient (Wildman–Crippen LogP) is 2.10. The van der Waals surface area contributed by atoms with E-state index < -0.39 is 26.9 Å². The Morgan fingerprint density at radius 1 is 1.10 bits per heavy atom. The minimum absolute atomic E-state index is 0.0997. The van der Waals surface area contributed by atoms with E-state index in [9.17, 15) is 18.0 Å². The zero-order valence-corrected chi connectivity index (χ0v) is 18.6. The maximum absolute atomic E-state index is 13.1. The van der Waals surface area contributed by atoms with Crippen LogP contribution in [0.25, 0.3) is 0 Å². The van der Waals surface area contributed by atoms with Crippen molar-refractivity contribution < 1.29 is 18.0 Å². The van der Waals surface area contributed by atoms with Crippen LogP contribution in [0.5, 0.6) is 0 Å². The summed E-state index contributed by atoms with van der Waals surface area (Å²) in [6, 6.07) is 9.29. The van der Waals surface area contributed by atoms with Crippen LogP contribution in [0, 0.1) is 0 Å². The van der Waals surface area contributed by atoms with Crippen molar-refractivity contribution in [2.24, 2.45) is 0 Å². The largest absolute Gasteiger partial charge is 0.348 e. The first-order valence-corrected chi connectivity index (χ1v) is 11.8. The number of benzene rings is 1. The summed E-state index contributed by atoms with van der Waals surface area (Å²) in [6.45, 7) is 0.930. The predicted molar refractivity (Wildman–Crippen MR) is 115 cm³/mol. The number of hydrogen-bond acceptors (Lipinski definition) is 6. The second-order valence-corrected chi connectivity index (χ2v) is 10.2. The molecule has 2 rings (SSSR count). The molecule has 0 aliphatic carbocycles. The van der Waals surface area contributed by atoms with Crippen molar-refractivity contribution in [2.45, 2.75) is 16.6 Å². The molecule has 7 nitrogen and oxygen atoms in total. The highest BCUT2D eigenvalue weighted by Crippen LogP contribution is 2.31. The molecule has 1 aromatic heterocycles. The molecule has 0 saturated carbocycles. The van der Waals surface area contributed by atoms with Gasteiger partial charge < -0.3 is 15.5 Å². The van der Waals surface area contributed by atoms with Gasteiger partial charge in [-0.3, -0.25) is 9.59 Å². The highest BCUT2D eigenvalue weighted by molar-refractivity contribution is 7.91. The van der Waals surface area contributed by atoms with Crippen molar-refractivity contribution >= 4 is 44.6 Å². The van der Waals surface area contributed by atoms with E-state index in [1.54, 1.807) is 17.5 Å². The molecule has 0 fully saturated rings. The quantitative estimate of drug-likeness (QED) is 0.444. The monoisotopic (exact) mass is 457 g/mol. The third-order valence-electron chi connectivity index (χ3n) is 4.10. The second kappa shape index (κ2) is 10.7. The zero-order valence-electron chi connectivity index (χ0n) is 16.2. The summed E-state index contributed by atoms with van der Waals surface area (Å²) >= 11 is 7.12. The van der Waals surface area contributed by atoms with E-state index in [1.807, 2.05) is 19.0 Å². The first-order valence-electron chi connectivity index (χ1n) is 8.95. The molecule has 0 saturated heterocycles. The van der Waals surface area contributed by atoms with Gasteiger partial charge in [-0.2, -0.15) is 0 Å². The minimum atomic E-state index is -3.79. The third kappa shape index (κ3) is 6.81. The molecule has 0 spiro atoms. The summed E-state index contributed by atoms with van der Waals surface area (Å²) in [5, 5.41) is 6.17. The number of amides is 2. The number of halogens is 1. The summed E-state index contributed by atoms with van der Waals surface area (Å²) in [7, 11) is 0.0413. The van der Waals surface area contributed by atoms with Crippen LogP contribution in [0.1, 0.15) is 16.5 Å². The molecule has 158 valence electrons. The highest BCUT2D eigenvalue weighted by Gasteiger charge is 2.31. The average molecular weight is 458 g/mol. The van der Waals surface area contributed by atoms with E-state index in [4.69, 9.17) is 11.6 Å². The standard InChI is InChI=1S/C19H24ClN3O4S2/c1-23(2)11-4-10-21-18(24)19(25)22-13-17(16-5-3-12-28-16)29(26,27)15-8-6-14(20)7-9-15/h3,5-9,12,17H,4,10-11,13H2,1-2H3,(H,21,24)(H,22,25). The first-order chi connectivity index (χ1) is 13.7. The summed E-state index contributed by atoms with van der Waals surface area (Å²) in [4.78, 5) is 26.7. The molecule has 1 unspecified atom stereocenters. The summed E-state index contributed by atoms with van der Waals surface area (Å²) < 4.78 is 26.2. The Bertz CT molecular complexity index is 913. The van der Waals surface area contributed by atoms with Crippen LogP contribution in [-0.4, -0.2) is 58.9 Å². The minimum Gasteiger partial charge on any atom is -0.348 e. The lowest BCUT2D eigenvalue weighted by Gasteiger charge is -2.17. The Morgan fingerprint density at radius 3 is 2.34 bits per heavy atom. The number of carbonyl (C=O) groups excluding carboxylic acids is 2. The van der Waals surface area contributed by atoms with Gasteiger partial charge in [0.25, 0.3) is 0 Å². The van der Waals surface area contributed by atoms with E-state index in [-0.39, 0.29) is 11.4 Å². The van der Waals surface area contributed by atoms with Gasteiger partial charge in [0.1, 0.15) is 5.25 Å². The maximum Gasteiger partial charge on any atom is 0.309 e. The van der Waals surface area contributed by atoms with Crippen LogP contribution < -0.4 is 10.6 Å². The topological polar surface area (TPSA) is 95.6 Å². The Hall–Kier alpha value is -1.94. The van der Waals surface area contributed by atoms with Crippen LogP contribution in [0.2, 0.25) is 5.02 Å². The molecule has 0 aliphatic rings. The molecule has 0 bridgehead atoms. The number of hydrogen-bond donors (Lipinski definition) is 2. The van der Waals surface area contributed by atoms with Crippen LogP contribution in [0.4, 0.5) is 0 Å². The molecule has 10 heteroatoms. The smallest absolute Gasteiger partial charge is 0.309 e.